The fourth-order valence-corrected chi connectivity index (χ4v) is 3.04. The van der Waals surface area contributed by atoms with Crippen LogP contribution >= 0.6 is 0 Å². The Labute approximate surface area is 106 Å². The lowest BCUT2D eigenvalue weighted by Gasteiger charge is -2.07. The van der Waals surface area contributed by atoms with E-state index in [1.54, 1.807) is 13.0 Å². The Morgan fingerprint density at radius 3 is 2.67 bits per heavy atom. The summed E-state index contributed by atoms with van der Waals surface area (Å²) >= 11 is 0. The van der Waals surface area contributed by atoms with E-state index in [4.69, 9.17) is 11.0 Å². The van der Waals surface area contributed by atoms with Crippen molar-refractivity contribution in [1.29, 1.82) is 5.26 Å². The van der Waals surface area contributed by atoms with Crippen LogP contribution in [0.15, 0.2) is 18.2 Å². The minimum Gasteiger partial charge on any atom is -0.328 e. The van der Waals surface area contributed by atoms with Crippen LogP contribution in [0.2, 0.25) is 0 Å². The van der Waals surface area contributed by atoms with E-state index in [9.17, 15) is 12.8 Å². The summed E-state index contributed by atoms with van der Waals surface area (Å²) in [7, 11) is -3.33. The van der Waals surface area contributed by atoms with Gasteiger partial charge < -0.3 is 5.73 Å². The average Bonchev–Trinajstić information content (AvgIpc) is 2.25. The first-order chi connectivity index (χ1) is 8.32. The smallest absolute Gasteiger partial charge is 0.154 e. The van der Waals surface area contributed by atoms with Crippen molar-refractivity contribution >= 4 is 9.84 Å². The lowest BCUT2D eigenvalue weighted by molar-refractivity contribution is 0.586. The molecular weight excluding hydrogens is 255 g/mol. The summed E-state index contributed by atoms with van der Waals surface area (Å²) in [4.78, 5) is 0. The molecule has 98 valence electrons. The van der Waals surface area contributed by atoms with Crippen LogP contribution < -0.4 is 5.73 Å². The Balaban J connectivity index is 2.84. The molecule has 0 aliphatic carbocycles. The van der Waals surface area contributed by atoms with Gasteiger partial charge in [0, 0.05) is 6.04 Å². The molecule has 0 heterocycles. The Bertz CT molecular complexity index is 562. The van der Waals surface area contributed by atoms with Gasteiger partial charge in [-0.1, -0.05) is 0 Å². The predicted molar refractivity (Wildman–Crippen MR) is 66.9 cm³/mol. The van der Waals surface area contributed by atoms with Crippen molar-refractivity contribution in [2.45, 2.75) is 25.1 Å². The molecule has 0 saturated heterocycles. The SMILES string of the molecule is CC(N)CCS(=O)(=O)Cc1cc(F)cc(C#N)c1. The zero-order chi connectivity index (χ0) is 13.8. The van der Waals surface area contributed by atoms with Crippen molar-refractivity contribution in [1.82, 2.24) is 0 Å². The van der Waals surface area contributed by atoms with Gasteiger partial charge in [-0.25, -0.2) is 12.8 Å². The summed E-state index contributed by atoms with van der Waals surface area (Å²) < 4.78 is 36.6. The van der Waals surface area contributed by atoms with E-state index in [0.717, 1.165) is 12.1 Å². The van der Waals surface area contributed by atoms with Gasteiger partial charge in [0.05, 0.1) is 23.1 Å². The maximum absolute atomic E-state index is 13.1. The van der Waals surface area contributed by atoms with E-state index in [0.29, 0.717) is 6.42 Å². The second-order valence-corrected chi connectivity index (χ2v) is 6.50. The normalized spacial score (nSPS) is 13.0. The van der Waals surface area contributed by atoms with Crippen molar-refractivity contribution in [2.24, 2.45) is 5.73 Å². The second kappa shape index (κ2) is 5.94. The van der Waals surface area contributed by atoms with E-state index in [-0.39, 0.29) is 28.7 Å². The molecule has 1 atom stereocenters. The van der Waals surface area contributed by atoms with Gasteiger partial charge in [0.25, 0.3) is 0 Å². The first-order valence-corrected chi connectivity index (χ1v) is 7.30. The van der Waals surface area contributed by atoms with Gasteiger partial charge in [-0.15, -0.1) is 0 Å². The van der Waals surface area contributed by atoms with Crippen molar-refractivity contribution in [3.63, 3.8) is 0 Å². The van der Waals surface area contributed by atoms with Crippen LogP contribution in [0.5, 0.6) is 0 Å². The van der Waals surface area contributed by atoms with E-state index in [2.05, 4.69) is 0 Å². The fraction of sp³-hybridized carbons (Fsp3) is 0.417. The van der Waals surface area contributed by atoms with Gasteiger partial charge in [0.1, 0.15) is 5.82 Å². The molecule has 2 N–H and O–H groups in total. The minimum atomic E-state index is -3.33. The molecule has 0 aliphatic heterocycles. The largest absolute Gasteiger partial charge is 0.328 e. The number of hydrogen-bond acceptors (Lipinski definition) is 4. The highest BCUT2D eigenvalue weighted by molar-refractivity contribution is 7.90. The number of benzene rings is 1. The van der Waals surface area contributed by atoms with Crippen molar-refractivity contribution in [3.8, 4) is 6.07 Å². The van der Waals surface area contributed by atoms with Gasteiger partial charge in [0.2, 0.25) is 0 Å². The Morgan fingerprint density at radius 1 is 1.44 bits per heavy atom. The summed E-state index contributed by atoms with van der Waals surface area (Å²) in [5, 5.41) is 8.68. The summed E-state index contributed by atoms with van der Waals surface area (Å²) in [6, 6.07) is 5.17. The molecule has 1 aromatic carbocycles. The minimum absolute atomic E-state index is 0.0386. The maximum atomic E-state index is 13.1. The molecule has 0 spiro atoms. The van der Waals surface area contributed by atoms with Gasteiger partial charge in [0.15, 0.2) is 9.84 Å². The van der Waals surface area contributed by atoms with Gasteiger partial charge in [-0.3, -0.25) is 0 Å². The number of sulfone groups is 1. The topological polar surface area (TPSA) is 84.0 Å². The third-order valence-corrected chi connectivity index (χ3v) is 3.99. The summed E-state index contributed by atoms with van der Waals surface area (Å²) in [5.41, 5.74) is 5.90. The van der Waals surface area contributed by atoms with E-state index < -0.39 is 15.7 Å². The van der Waals surface area contributed by atoms with Crippen LogP contribution in [0.3, 0.4) is 0 Å². The summed E-state index contributed by atoms with van der Waals surface area (Å²) in [6.45, 7) is 1.73. The van der Waals surface area contributed by atoms with Crippen LogP contribution in [0, 0.1) is 17.1 Å². The maximum Gasteiger partial charge on any atom is 0.154 e. The van der Waals surface area contributed by atoms with Gasteiger partial charge in [-0.2, -0.15) is 5.26 Å². The first kappa shape index (κ1) is 14.6. The molecule has 0 fully saturated rings. The molecule has 0 aromatic heterocycles. The predicted octanol–water partition coefficient (Wildman–Crippen LogP) is 1.35. The highest BCUT2D eigenvalue weighted by atomic mass is 32.2. The number of rotatable bonds is 5. The molecule has 1 aromatic rings. The van der Waals surface area contributed by atoms with Crippen LogP contribution in [-0.2, 0) is 15.6 Å². The first-order valence-electron chi connectivity index (χ1n) is 5.48. The van der Waals surface area contributed by atoms with E-state index >= 15 is 0 Å². The third kappa shape index (κ3) is 4.82. The average molecular weight is 270 g/mol. The Hall–Kier alpha value is -1.45. The molecular formula is C12H15FN2O2S. The standard InChI is InChI=1S/C12H15FN2O2S/c1-9(15)2-3-18(16,17)8-11-4-10(7-14)5-12(13)6-11/h4-6,9H,2-3,8,15H2,1H3. The summed E-state index contributed by atoms with van der Waals surface area (Å²) in [5.74, 6) is -0.915. The van der Waals surface area contributed by atoms with Gasteiger partial charge in [-0.05, 0) is 37.1 Å². The molecule has 0 saturated carbocycles. The zero-order valence-corrected chi connectivity index (χ0v) is 10.9. The lowest BCUT2D eigenvalue weighted by atomic mass is 10.1. The molecule has 0 bridgehead atoms. The third-order valence-electron chi connectivity index (χ3n) is 2.36. The Morgan fingerprint density at radius 2 is 2.11 bits per heavy atom. The van der Waals surface area contributed by atoms with Crippen molar-refractivity contribution in [2.75, 3.05) is 5.75 Å². The quantitative estimate of drug-likeness (QED) is 0.875. The number of hydrogen-bond donors (Lipinski definition) is 1. The number of nitrogens with two attached hydrogens (primary N) is 1. The van der Waals surface area contributed by atoms with Gasteiger partial charge >= 0.3 is 0 Å². The molecule has 0 radical (unpaired) electrons. The number of nitriles is 1. The monoisotopic (exact) mass is 270 g/mol. The number of nitrogens with zero attached hydrogens (tertiary/aromatic N) is 1. The van der Waals surface area contributed by atoms with E-state index in [1.807, 2.05) is 0 Å². The molecule has 0 amide bonds. The number of halogens is 1. The Kier molecular flexibility index (Phi) is 4.82. The molecule has 4 nitrogen and oxygen atoms in total. The summed E-state index contributed by atoms with van der Waals surface area (Å²) in [6.07, 6.45) is 0.364. The fourth-order valence-electron chi connectivity index (χ4n) is 1.49. The molecule has 18 heavy (non-hydrogen) atoms. The highest BCUT2D eigenvalue weighted by Gasteiger charge is 2.14. The van der Waals surface area contributed by atoms with Crippen LogP contribution in [0.1, 0.15) is 24.5 Å². The van der Waals surface area contributed by atoms with Crippen molar-refractivity contribution in [3.05, 3.63) is 35.1 Å². The molecule has 6 heteroatoms. The molecule has 1 unspecified atom stereocenters. The van der Waals surface area contributed by atoms with Crippen LogP contribution in [0.25, 0.3) is 0 Å². The molecule has 0 aliphatic rings. The molecule has 1 rings (SSSR count). The lowest BCUT2D eigenvalue weighted by Crippen LogP contribution is -2.20. The van der Waals surface area contributed by atoms with Crippen molar-refractivity contribution < 1.29 is 12.8 Å². The second-order valence-electron chi connectivity index (χ2n) is 4.32. The van der Waals surface area contributed by atoms with E-state index in [1.165, 1.54) is 6.07 Å². The zero-order valence-electron chi connectivity index (χ0n) is 10.1. The van der Waals surface area contributed by atoms with Crippen LogP contribution in [0.4, 0.5) is 4.39 Å². The van der Waals surface area contributed by atoms with Crippen LogP contribution in [-0.4, -0.2) is 20.2 Å². The highest BCUT2D eigenvalue weighted by Crippen LogP contribution is 2.13.